The molecule has 2 aromatic carbocycles. The van der Waals surface area contributed by atoms with Crippen molar-refractivity contribution in [1.82, 2.24) is 14.2 Å². The van der Waals surface area contributed by atoms with Crippen molar-refractivity contribution in [2.24, 2.45) is 0 Å². The van der Waals surface area contributed by atoms with Crippen LogP contribution in [0.5, 0.6) is 0 Å². The van der Waals surface area contributed by atoms with Crippen molar-refractivity contribution in [3.8, 4) is 0 Å². The fraction of sp³-hybridized carbons (Fsp3) is 0.200. The van der Waals surface area contributed by atoms with Crippen molar-refractivity contribution in [2.45, 2.75) is 4.90 Å². The number of carbonyl (C=O) groups excluding carboxylic acids is 1. The van der Waals surface area contributed by atoms with Crippen molar-refractivity contribution in [1.29, 1.82) is 0 Å². The molecule has 0 atom stereocenters. The van der Waals surface area contributed by atoms with Gasteiger partial charge in [-0.2, -0.15) is 4.31 Å². The van der Waals surface area contributed by atoms with E-state index >= 15 is 0 Å². The van der Waals surface area contributed by atoms with E-state index in [1.165, 1.54) is 39.9 Å². The summed E-state index contributed by atoms with van der Waals surface area (Å²) >= 11 is 1.50. The number of hydrogen-bond acceptors (Lipinski definition) is 5. The summed E-state index contributed by atoms with van der Waals surface area (Å²) in [7, 11) is -3.92. The van der Waals surface area contributed by atoms with Crippen LogP contribution in [0.3, 0.4) is 0 Å². The molecule has 1 aromatic heterocycles. The van der Waals surface area contributed by atoms with Gasteiger partial charge in [0.05, 0.1) is 10.2 Å². The van der Waals surface area contributed by atoms with Crippen molar-refractivity contribution >= 4 is 43.6 Å². The van der Waals surface area contributed by atoms with E-state index in [4.69, 9.17) is 0 Å². The minimum atomic E-state index is -3.92. The first-order valence-electron chi connectivity index (χ1n) is 9.02. The van der Waals surface area contributed by atoms with Crippen molar-refractivity contribution in [3.63, 3.8) is 0 Å². The number of benzene rings is 2. The van der Waals surface area contributed by atoms with Crippen LogP contribution < -0.4 is 0 Å². The molecule has 0 unspecified atom stereocenters. The molecular formula is C20H18FN3O3S2. The molecular weight excluding hydrogens is 413 g/mol. The van der Waals surface area contributed by atoms with Crippen LogP contribution in [0.4, 0.5) is 4.39 Å². The van der Waals surface area contributed by atoms with Gasteiger partial charge in [-0.3, -0.25) is 4.79 Å². The van der Waals surface area contributed by atoms with Gasteiger partial charge in [-0.1, -0.05) is 24.3 Å². The van der Waals surface area contributed by atoms with E-state index in [2.05, 4.69) is 4.98 Å². The summed E-state index contributed by atoms with van der Waals surface area (Å²) in [5.74, 6) is -0.975. The number of amides is 1. The second kappa shape index (κ2) is 8.02. The van der Waals surface area contributed by atoms with Gasteiger partial charge in [0.15, 0.2) is 0 Å². The van der Waals surface area contributed by atoms with E-state index in [1.807, 2.05) is 24.3 Å². The zero-order chi connectivity index (χ0) is 20.4. The number of para-hydroxylation sites is 1. The molecule has 1 aliphatic heterocycles. The largest absolute Gasteiger partial charge is 0.337 e. The average molecular weight is 432 g/mol. The Hall–Kier alpha value is -2.62. The molecule has 0 spiro atoms. The summed E-state index contributed by atoms with van der Waals surface area (Å²) in [6, 6.07) is 13.1. The highest BCUT2D eigenvalue weighted by Gasteiger charge is 2.31. The lowest BCUT2D eigenvalue weighted by Crippen LogP contribution is -2.50. The van der Waals surface area contributed by atoms with Crippen LogP contribution in [0.25, 0.3) is 16.3 Å². The zero-order valence-electron chi connectivity index (χ0n) is 15.4. The van der Waals surface area contributed by atoms with Crippen LogP contribution in [0.15, 0.2) is 59.5 Å². The van der Waals surface area contributed by atoms with E-state index in [-0.39, 0.29) is 37.0 Å². The standard InChI is InChI=1S/C20H18FN3O3S2/c21-15-5-1-4-8-18(15)29(26,27)24-13-11-23(12-14-24)20(25)10-9-19-22-16-6-2-3-7-17(16)28-19/h1-10H,11-14H2/b10-9+. The molecule has 0 N–H and O–H groups in total. The lowest BCUT2D eigenvalue weighted by atomic mass is 10.3. The third kappa shape index (κ3) is 4.07. The van der Waals surface area contributed by atoms with Crippen LogP contribution in [0.1, 0.15) is 5.01 Å². The summed E-state index contributed by atoms with van der Waals surface area (Å²) < 4.78 is 41.4. The van der Waals surface area contributed by atoms with Crippen LogP contribution in [0.2, 0.25) is 0 Å². The summed E-state index contributed by atoms with van der Waals surface area (Å²) in [5.41, 5.74) is 0.886. The molecule has 0 radical (unpaired) electrons. The van der Waals surface area contributed by atoms with Crippen molar-refractivity contribution in [2.75, 3.05) is 26.2 Å². The van der Waals surface area contributed by atoms with E-state index < -0.39 is 15.8 Å². The Balaban J connectivity index is 1.40. The van der Waals surface area contributed by atoms with Crippen molar-refractivity contribution < 1.29 is 17.6 Å². The lowest BCUT2D eigenvalue weighted by molar-refractivity contribution is -0.127. The van der Waals surface area contributed by atoms with Gasteiger partial charge >= 0.3 is 0 Å². The second-order valence-corrected chi connectivity index (χ2v) is 9.48. The van der Waals surface area contributed by atoms with Crippen molar-refractivity contribution in [3.05, 3.63) is 65.4 Å². The molecule has 150 valence electrons. The molecule has 1 aliphatic rings. The zero-order valence-corrected chi connectivity index (χ0v) is 17.0. The number of aromatic nitrogens is 1. The summed E-state index contributed by atoms with van der Waals surface area (Å²) in [5, 5.41) is 0.736. The number of nitrogens with zero attached hydrogens (tertiary/aromatic N) is 3. The quantitative estimate of drug-likeness (QED) is 0.596. The van der Waals surface area contributed by atoms with Gasteiger partial charge in [-0.25, -0.2) is 17.8 Å². The summed E-state index contributed by atoms with van der Waals surface area (Å²) in [6.45, 7) is 0.738. The topological polar surface area (TPSA) is 70.6 Å². The molecule has 3 aromatic rings. The Bertz CT molecular complexity index is 1150. The van der Waals surface area contributed by atoms with Gasteiger partial charge < -0.3 is 4.90 Å². The number of halogens is 1. The van der Waals surface area contributed by atoms with E-state index in [0.29, 0.717) is 0 Å². The maximum atomic E-state index is 13.9. The van der Waals surface area contributed by atoms with E-state index in [9.17, 15) is 17.6 Å². The van der Waals surface area contributed by atoms with Gasteiger partial charge in [-0.05, 0) is 30.3 Å². The molecule has 9 heteroatoms. The first kappa shape index (κ1) is 19.7. The Morgan fingerprint density at radius 3 is 2.45 bits per heavy atom. The van der Waals surface area contributed by atoms with E-state index in [0.717, 1.165) is 21.3 Å². The number of fused-ring (bicyclic) bond motifs is 1. The third-order valence-electron chi connectivity index (χ3n) is 4.68. The van der Waals surface area contributed by atoms with Crippen LogP contribution in [-0.2, 0) is 14.8 Å². The lowest BCUT2D eigenvalue weighted by Gasteiger charge is -2.33. The fourth-order valence-electron chi connectivity index (χ4n) is 3.15. The summed E-state index contributed by atoms with van der Waals surface area (Å²) in [6.07, 6.45) is 3.13. The molecule has 4 rings (SSSR count). The van der Waals surface area contributed by atoms with Gasteiger partial charge in [-0.15, -0.1) is 11.3 Å². The first-order valence-corrected chi connectivity index (χ1v) is 11.3. The van der Waals surface area contributed by atoms with Gasteiger partial charge in [0.1, 0.15) is 15.7 Å². The minimum absolute atomic E-state index is 0.122. The Labute approximate surface area is 171 Å². The number of carbonyl (C=O) groups is 1. The second-order valence-electron chi connectivity index (χ2n) is 6.51. The Kier molecular flexibility index (Phi) is 5.44. The van der Waals surface area contributed by atoms with Gasteiger partial charge in [0.25, 0.3) is 0 Å². The Morgan fingerprint density at radius 1 is 1.03 bits per heavy atom. The number of hydrogen-bond donors (Lipinski definition) is 0. The van der Waals surface area contributed by atoms with Crippen LogP contribution in [0, 0.1) is 5.82 Å². The maximum Gasteiger partial charge on any atom is 0.246 e. The molecule has 1 fully saturated rings. The first-order chi connectivity index (χ1) is 13.9. The number of thiazole rings is 1. The highest BCUT2D eigenvalue weighted by molar-refractivity contribution is 7.89. The molecule has 0 aliphatic carbocycles. The monoisotopic (exact) mass is 431 g/mol. The predicted molar refractivity (Wildman–Crippen MR) is 110 cm³/mol. The molecule has 6 nitrogen and oxygen atoms in total. The normalized spacial score (nSPS) is 16.0. The smallest absolute Gasteiger partial charge is 0.246 e. The number of rotatable bonds is 4. The molecule has 1 amide bonds. The molecule has 2 heterocycles. The Morgan fingerprint density at radius 2 is 1.72 bits per heavy atom. The molecule has 1 saturated heterocycles. The van der Waals surface area contributed by atoms with E-state index in [1.54, 1.807) is 11.0 Å². The van der Waals surface area contributed by atoms with Gasteiger partial charge in [0, 0.05) is 32.3 Å². The SMILES string of the molecule is O=C(/C=C/c1nc2ccccc2s1)N1CCN(S(=O)(=O)c2ccccc2F)CC1. The molecule has 0 saturated carbocycles. The van der Waals surface area contributed by atoms with Crippen LogP contribution in [-0.4, -0.2) is 54.7 Å². The number of piperazine rings is 1. The average Bonchev–Trinajstić information content (AvgIpc) is 3.15. The summed E-state index contributed by atoms with van der Waals surface area (Å²) in [4.78, 5) is 18.2. The number of sulfonamides is 1. The maximum absolute atomic E-state index is 13.9. The predicted octanol–water partition coefficient (Wildman–Crippen LogP) is 2.98. The fourth-order valence-corrected chi connectivity index (χ4v) is 5.51. The third-order valence-corrected chi connectivity index (χ3v) is 7.62. The minimum Gasteiger partial charge on any atom is -0.337 e. The molecule has 29 heavy (non-hydrogen) atoms. The van der Waals surface area contributed by atoms with Crippen LogP contribution >= 0.6 is 11.3 Å². The highest BCUT2D eigenvalue weighted by atomic mass is 32.2. The highest BCUT2D eigenvalue weighted by Crippen LogP contribution is 2.23. The van der Waals surface area contributed by atoms with Gasteiger partial charge in [0.2, 0.25) is 15.9 Å². The molecule has 0 bridgehead atoms.